The lowest BCUT2D eigenvalue weighted by Crippen LogP contribution is -2.09. The smallest absolute Gasteiger partial charge is 0.344 e. The Hall–Kier alpha value is -3.31. The maximum atomic E-state index is 12.6. The van der Waals surface area contributed by atoms with Gasteiger partial charge in [0.05, 0.1) is 5.56 Å². The van der Waals surface area contributed by atoms with Crippen molar-refractivity contribution >= 4 is 17.3 Å². The summed E-state index contributed by atoms with van der Waals surface area (Å²) in [5.74, 6) is 0.157. The average molecular weight is 358 g/mol. The first-order chi connectivity index (χ1) is 12.8. The van der Waals surface area contributed by atoms with Gasteiger partial charge in [-0.1, -0.05) is 18.2 Å². The molecule has 0 aliphatic carbocycles. The SMILES string of the molecule is O=C(Oc1c(-c2ccncc2)cccc1-c1ccncc1)c1ccsc1. The molecule has 4 aromatic rings. The summed E-state index contributed by atoms with van der Waals surface area (Å²) >= 11 is 1.46. The van der Waals surface area contributed by atoms with Gasteiger partial charge < -0.3 is 4.74 Å². The standard InChI is InChI=1S/C21H14N2O2S/c24-21(17-8-13-26-14-17)25-20-18(15-4-9-22-10-5-15)2-1-3-19(20)16-6-11-23-12-7-16/h1-14H. The number of aromatic nitrogens is 2. The highest BCUT2D eigenvalue weighted by atomic mass is 32.1. The molecule has 0 saturated carbocycles. The number of nitrogens with zero attached hydrogens (tertiary/aromatic N) is 2. The van der Waals surface area contributed by atoms with E-state index in [1.165, 1.54) is 11.3 Å². The van der Waals surface area contributed by atoms with E-state index in [0.29, 0.717) is 11.3 Å². The van der Waals surface area contributed by atoms with Gasteiger partial charge in [0.1, 0.15) is 5.75 Å². The van der Waals surface area contributed by atoms with Crippen molar-refractivity contribution in [1.82, 2.24) is 9.97 Å². The molecule has 5 heteroatoms. The molecule has 126 valence electrons. The van der Waals surface area contributed by atoms with Crippen LogP contribution in [0.2, 0.25) is 0 Å². The first-order valence-electron chi connectivity index (χ1n) is 8.01. The van der Waals surface area contributed by atoms with Crippen molar-refractivity contribution in [2.75, 3.05) is 0 Å². The summed E-state index contributed by atoms with van der Waals surface area (Å²) in [5, 5.41) is 3.64. The van der Waals surface area contributed by atoms with Crippen molar-refractivity contribution in [2.45, 2.75) is 0 Å². The van der Waals surface area contributed by atoms with E-state index in [9.17, 15) is 4.79 Å². The van der Waals surface area contributed by atoms with E-state index in [1.54, 1.807) is 36.2 Å². The van der Waals surface area contributed by atoms with Gasteiger partial charge in [-0.2, -0.15) is 11.3 Å². The van der Waals surface area contributed by atoms with Crippen molar-refractivity contribution in [2.24, 2.45) is 0 Å². The van der Waals surface area contributed by atoms with Gasteiger partial charge in [0.2, 0.25) is 0 Å². The summed E-state index contributed by atoms with van der Waals surface area (Å²) in [6, 6.07) is 15.2. The average Bonchev–Trinajstić information content (AvgIpc) is 3.24. The maximum Gasteiger partial charge on any atom is 0.344 e. The van der Waals surface area contributed by atoms with Crippen LogP contribution in [0.1, 0.15) is 10.4 Å². The molecule has 3 aromatic heterocycles. The molecule has 0 aliphatic rings. The van der Waals surface area contributed by atoms with Crippen LogP contribution >= 0.6 is 11.3 Å². The van der Waals surface area contributed by atoms with Crippen molar-refractivity contribution in [3.63, 3.8) is 0 Å². The van der Waals surface area contributed by atoms with Gasteiger partial charge in [-0.05, 0) is 46.8 Å². The van der Waals surface area contributed by atoms with Crippen molar-refractivity contribution in [3.05, 3.63) is 89.6 Å². The van der Waals surface area contributed by atoms with Gasteiger partial charge in [0.15, 0.2) is 0 Å². The fourth-order valence-corrected chi connectivity index (χ4v) is 3.32. The quantitative estimate of drug-likeness (QED) is 0.377. The summed E-state index contributed by atoms with van der Waals surface area (Å²) in [7, 11) is 0. The Labute approximate surface area is 154 Å². The second-order valence-corrected chi connectivity index (χ2v) is 6.34. The zero-order valence-corrected chi connectivity index (χ0v) is 14.5. The van der Waals surface area contributed by atoms with Crippen LogP contribution in [0.4, 0.5) is 0 Å². The Morgan fingerprint density at radius 3 is 1.88 bits per heavy atom. The minimum absolute atomic E-state index is 0.372. The predicted octanol–water partition coefficient (Wildman–Crippen LogP) is 5.09. The minimum atomic E-state index is -0.372. The monoisotopic (exact) mass is 358 g/mol. The predicted molar refractivity (Wildman–Crippen MR) is 102 cm³/mol. The fourth-order valence-electron chi connectivity index (χ4n) is 2.70. The van der Waals surface area contributed by atoms with Gasteiger partial charge in [-0.25, -0.2) is 4.79 Å². The second-order valence-electron chi connectivity index (χ2n) is 5.56. The maximum absolute atomic E-state index is 12.6. The second kappa shape index (κ2) is 7.29. The highest BCUT2D eigenvalue weighted by molar-refractivity contribution is 7.08. The Balaban J connectivity index is 1.86. The lowest BCUT2D eigenvalue weighted by atomic mass is 9.98. The molecule has 0 N–H and O–H groups in total. The van der Waals surface area contributed by atoms with Crippen LogP contribution in [0.15, 0.2) is 84.1 Å². The molecule has 1 aromatic carbocycles. The molecule has 4 nitrogen and oxygen atoms in total. The van der Waals surface area contributed by atoms with Crippen molar-refractivity contribution in [1.29, 1.82) is 0 Å². The van der Waals surface area contributed by atoms with E-state index in [1.807, 2.05) is 47.8 Å². The molecule has 0 fully saturated rings. The Morgan fingerprint density at radius 1 is 0.808 bits per heavy atom. The van der Waals surface area contributed by atoms with Crippen LogP contribution in [0.3, 0.4) is 0 Å². The Bertz CT molecular complexity index is 959. The lowest BCUT2D eigenvalue weighted by molar-refractivity contribution is 0.0737. The number of hydrogen-bond acceptors (Lipinski definition) is 5. The first kappa shape index (κ1) is 16.2. The number of carbonyl (C=O) groups is 1. The van der Waals surface area contributed by atoms with E-state index >= 15 is 0 Å². The van der Waals surface area contributed by atoms with Gasteiger partial charge in [-0.3, -0.25) is 9.97 Å². The zero-order chi connectivity index (χ0) is 17.8. The molecule has 0 unspecified atom stereocenters. The summed E-state index contributed by atoms with van der Waals surface area (Å²) in [5.41, 5.74) is 4.09. The van der Waals surface area contributed by atoms with Gasteiger partial charge in [0, 0.05) is 41.3 Å². The van der Waals surface area contributed by atoms with Crippen LogP contribution in [-0.4, -0.2) is 15.9 Å². The summed E-state index contributed by atoms with van der Waals surface area (Å²) in [4.78, 5) is 20.7. The topological polar surface area (TPSA) is 52.1 Å². The number of benzene rings is 1. The van der Waals surface area contributed by atoms with E-state index in [2.05, 4.69) is 9.97 Å². The van der Waals surface area contributed by atoms with E-state index in [-0.39, 0.29) is 5.97 Å². The van der Waals surface area contributed by atoms with Gasteiger partial charge in [-0.15, -0.1) is 0 Å². The highest BCUT2D eigenvalue weighted by Gasteiger charge is 2.18. The van der Waals surface area contributed by atoms with Crippen molar-refractivity contribution in [3.8, 4) is 28.0 Å². The Morgan fingerprint density at radius 2 is 1.38 bits per heavy atom. The van der Waals surface area contributed by atoms with E-state index in [0.717, 1.165) is 22.3 Å². The molecular formula is C21H14N2O2S. The van der Waals surface area contributed by atoms with Crippen LogP contribution in [0.5, 0.6) is 5.75 Å². The third-order valence-corrected chi connectivity index (χ3v) is 4.63. The van der Waals surface area contributed by atoms with Crippen LogP contribution < -0.4 is 4.74 Å². The van der Waals surface area contributed by atoms with E-state index in [4.69, 9.17) is 4.74 Å². The molecule has 0 aliphatic heterocycles. The zero-order valence-electron chi connectivity index (χ0n) is 13.7. The highest BCUT2D eigenvalue weighted by Crippen LogP contribution is 2.39. The molecular weight excluding hydrogens is 344 g/mol. The molecule has 0 amide bonds. The largest absolute Gasteiger partial charge is 0.422 e. The summed E-state index contributed by atoms with van der Waals surface area (Å²) < 4.78 is 5.86. The Kier molecular flexibility index (Phi) is 4.53. The minimum Gasteiger partial charge on any atom is -0.422 e. The van der Waals surface area contributed by atoms with Crippen LogP contribution in [-0.2, 0) is 0 Å². The van der Waals surface area contributed by atoms with Gasteiger partial charge >= 0.3 is 5.97 Å². The molecule has 0 spiro atoms. The van der Waals surface area contributed by atoms with E-state index < -0.39 is 0 Å². The summed E-state index contributed by atoms with van der Waals surface area (Å²) in [6.07, 6.45) is 6.88. The molecule has 26 heavy (non-hydrogen) atoms. The first-order valence-corrected chi connectivity index (χ1v) is 8.95. The summed E-state index contributed by atoms with van der Waals surface area (Å²) in [6.45, 7) is 0. The number of thiophene rings is 1. The number of ether oxygens (including phenoxy) is 1. The molecule has 0 bridgehead atoms. The number of carbonyl (C=O) groups excluding carboxylic acids is 1. The molecule has 3 heterocycles. The molecule has 0 saturated heterocycles. The van der Waals surface area contributed by atoms with Crippen molar-refractivity contribution < 1.29 is 9.53 Å². The lowest BCUT2D eigenvalue weighted by Gasteiger charge is -2.15. The van der Waals surface area contributed by atoms with Crippen LogP contribution in [0, 0.1) is 0 Å². The fraction of sp³-hybridized carbons (Fsp3) is 0. The number of hydrogen-bond donors (Lipinski definition) is 0. The number of para-hydroxylation sites is 1. The molecule has 4 rings (SSSR count). The number of esters is 1. The van der Waals surface area contributed by atoms with Gasteiger partial charge in [0.25, 0.3) is 0 Å². The van der Waals surface area contributed by atoms with Crippen LogP contribution in [0.25, 0.3) is 22.3 Å². The third kappa shape index (κ3) is 3.25. The molecule has 0 radical (unpaired) electrons. The normalized spacial score (nSPS) is 10.5. The molecule has 0 atom stereocenters. The third-order valence-electron chi connectivity index (χ3n) is 3.95. The number of pyridine rings is 2. The number of rotatable bonds is 4.